The van der Waals surface area contributed by atoms with Crippen LogP contribution in [0.5, 0.6) is 0 Å². The van der Waals surface area contributed by atoms with Crippen molar-refractivity contribution < 1.29 is 4.42 Å². The van der Waals surface area contributed by atoms with Gasteiger partial charge in [-0.1, -0.05) is 156 Å². The smallest absolute Gasteiger partial charge is 0.137 e. The number of rotatable bonds is 11. The van der Waals surface area contributed by atoms with Crippen molar-refractivity contribution in [3.63, 3.8) is 0 Å². The molecule has 252 valence electrons. The molecule has 0 aliphatic carbocycles. The summed E-state index contributed by atoms with van der Waals surface area (Å²) in [5.74, 6) is 2.59. The summed E-state index contributed by atoms with van der Waals surface area (Å²) >= 11 is 0. The fraction of sp³-hybridized carbons (Fsp3) is 0.239. The van der Waals surface area contributed by atoms with Gasteiger partial charge in [0.05, 0.1) is 17.3 Å². The molecule has 0 amide bonds. The number of nitrogens with zero attached hydrogens (tertiary/aromatic N) is 2. The minimum Gasteiger partial charge on any atom is -0.460 e. The molecule has 0 spiro atoms. The van der Waals surface area contributed by atoms with Crippen molar-refractivity contribution in [3.05, 3.63) is 179 Å². The van der Waals surface area contributed by atoms with Gasteiger partial charge >= 0.3 is 0 Å². The molecule has 0 saturated carbocycles. The summed E-state index contributed by atoms with van der Waals surface area (Å²) in [7, 11) is 0. The summed E-state index contributed by atoms with van der Waals surface area (Å²) in [6, 6.07) is 45.1. The molecular formula is C46H47N3O. The highest BCUT2D eigenvalue weighted by Gasteiger charge is 2.31. The number of nitrogens with one attached hydrogen (secondary N) is 1. The first-order valence-electron chi connectivity index (χ1n) is 18.0. The van der Waals surface area contributed by atoms with Crippen LogP contribution in [0.3, 0.4) is 0 Å². The van der Waals surface area contributed by atoms with Gasteiger partial charge in [-0.05, 0) is 58.2 Å². The molecule has 7 rings (SSSR count). The second kappa shape index (κ2) is 14.2. The van der Waals surface area contributed by atoms with Crippen molar-refractivity contribution in [2.24, 2.45) is 0 Å². The summed E-state index contributed by atoms with van der Waals surface area (Å²) < 4.78 is 8.88. The Labute approximate surface area is 296 Å². The molecule has 0 saturated heterocycles. The molecular weight excluding hydrogens is 611 g/mol. The van der Waals surface area contributed by atoms with Crippen LogP contribution in [-0.2, 0) is 6.42 Å². The number of aryl methyl sites for hydroxylation is 2. The van der Waals surface area contributed by atoms with Crippen LogP contribution in [0.1, 0.15) is 104 Å². The van der Waals surface area contributed by atoms with Gasteiger partial charge in [0, 0.05) is 23.7 Å². The zero-order valence-electron chi connectivity index (χ0n) is 30.0. The Bertz CT molecular complexity index is 2140. The van der Waals surface area contributed by atoms with Crippen LogP contribution in [-0.4, -0.2) is 9.55 Å². The lowest BCUT2D eigenvalue weighted by molar-refractivity contribution is 0.558. The van der Waals surface area contributed by atoms with Crippen LogP contribution < -0.4 is 5.32 Å². The third-order valence-electron chi connectivity index (χ3n) is 9.93. The number of para-hydroxylation sites is 2. The van der Waals surface area contributed by atoms with Gasteiger partial charge in [0.2, 0.25) is 0 Å². The van der Waals surface area contributed by atoms with Crippen LogP contribution in [0.15, 0.2) is 138 Å². The monoisotopic (exact) mass is 657 g/mol. The molecule has 5 aromatic carbocycles. The highest BCUT2D eigenvalue weighted by atomic mass is 16.3. The molecule has 2 heterocycles. The Morgan fingerprint density at radius 1 is 0.660 bits per heavy atom. The van der Waals surface area contributed by atoms with Crippen LogP contribution in [0, 0.1) is 6.92 Å². The summed E-state index contributed by atoms with van der Waals surface area (Å²) in [5, 5.41) is 5.26. The second-order valence-corrected chi connectivity index (χ2v) is 13.9. The average Bonchev–Trinajstić information content (AvgIpc) is 3.73. The lowest BCUT2D eigenvalue weighted by atomic mass is 9.91. The molecule has 0 aliphatic heterocycles. The van der Waals surface area contributed by atoms with Gasteiger partial charge in [-0.3, -0.25) is 0 Å². The molecule has 0 aliphatic rings. The van der Waals surface area contributed by atoms with Crippen LogP contribution >= 0.6 is 0 Å². The van der Waals surface area contributed by atoms with Crippen molar-refractivity contribution in [2.75, 3.05) is 5.32 Å². The van der Waals surface area contributed by atoms with Crippen LogP contribution in [0.4, 0.5) is 5.69 Å². The number of aromatic nitrogens is 2. The number of benzene rings is 5. The summed E-state index contributed by atoms with van der Waals surface area (Å²) in [5.41, 5.74) is 11.5. The minimum atomic E-state index is -0.250. The van der Waals surface area contributed by atoms with Gasteiger partial charge in [-0.2, -0.15) is 0 Å². The van der Waals surface area contributed by atoms with E-state index in [0.717, 1.165) is 40.2 Å². The van der Waals surface area contributed by atoms with E-state index in [1.165, 1.54) is 39.1 Å². The van der Waals surface area contributed by atoms with Crippen LogP contribution in [0.25, 0.3) is 22.2 Å². The first-order chi connectivity index (χ1) is 24.4. The van der Waals surface area contributed by atoms with E-state index in [-0.39, 0.29) is 12.1 Å². The summed E-state index contributed by atoms with van der Waals surface area (Å²) in [6.45, 7) is 13.5. The fourth-order valence-corrected chi connectivity index (χ4v) is 7.41. The fourth-order valence-electron chi connectivity index (χ4n) is 7.41. The maximum Gasteiger partial charge on any atom is 0.137 e. The summed E-state index contributed by atoms with van der Waals surface area (Å²) in [4.78, 5) is 5.69. The average molecular weight is 658 g/mol. The normalized spacial score (nSPS) is 12.3. The van der Waals surface area contributed by atoms with Crippen LogP contribution in [0.2, 0.25) is 0 Å². The van der Waals surface area contributed by atoms with E-state index in [0.29, 0.717) is 11.8 Å². The number of furan rings is 1. The molecule has 4 heteroatoms. The lowest BCUT2D eigenvalue weighted by Gasteiger charge is -2.30. The van der Waals surface area contributed by atoms with Crippen molar-refractivity contribution in [1.29, 1.82) is 0 Å². The lowest BCUT2D eigenvalue weighted by Crippen LogP contribution is -2.23. The van der Waals surface area contributed by atoms with E-state index in [2.05, 4.69) is 179 Å². The molecule has 0 radical (unpaired) electrons. The van der Waals surface area contributed by atoms with Gasteiger partial charge < -0.3 is 14.3 Å². The maximum atomic E-state index is 6.46. The first-order valence-corrected chi connectivity index (χ1v) is 18.0. The third kappa shape index (κ3) is 6.27. The number of anilines is 1. The molecule has 2 aromatic heterocycles. The first kappa shape index (κ1) is 33.2. The predicted molar refractivity (Wildman–Crippen MR) is 208 cm³/mol. The third-order valence-corrected chi connectivity index (χ3v) is 9.93. The molecule has 7 aromatic rings. The molecule has 0 bridgehead atoms. The van der Waals surface area contributed by atoms with Gasteiger partial charge in [0.1, 0.15) is 23.2 Å². The van der Waals surface area contributed by atoms with Gasteiger partial charge in [0.25, 0.3) is 0 Å². The van der Waals surface area contributed by atoms with E-state index >= 15 is 0 Å². The number of imidazole rings is 1. The standard InChI is InChI=1S/C46H47N3O/c1-7-40-42(38-25-16-17-28-41(38)50-40)39-29-49(45(33-20-10-8-11-21-33)34-22-12-9-13-23-34)46(47-39)44(37-24-15-14-19-32(37)6)48-43-35(30(2)3)26-18-27-36(43)31(4)5/h8-31,44-45,48H,7H2,1-6H3. The number of fused-ring (bicyclic) bond motifs is 1. The predicted octanol–water partition coefficient (Wildman–Crippen LogP) is 12.3. The van der Waals surface area contributed by atoms with Gasteiger partial charge in [-0.15, -0.1) is 0 Å². The Hall–Kier alpha value is -5.35. The van der Waals surface area contributed by atoms with Crippen molar-refractivity contribution in [3.8, 4) is 11.3 Å². The Morgan fingerprint density at radius 2 is 1.22 bits per heavy atom. The molecule has 4 nitrogen and oxygen atoms in total. The van der Waals surface area contributed by atoms with Crippen molar-refractivity contribution in [2.45, 2.75) is 71.9 Å². The zero-order chi connectivity index (χ0) is 34.8. The number of hydrogen-bond acceptors (Lipinski definition) is 3. The van der Waals surface area contributed by atoms with E-state index in [9.17, 15) is 0 Å². The maximum absolute atomic E-state index is 6.46. The Morgan fingerprint density at radius 3 is 1.82 bits per heavy atom. The Kier molecular flexibility index (Phi) is 9.45. The zero-order valence-corrected chi connectivity index (χ0v) is 30.0. The van der Waals surface area contributed by atoms with E-state index < -0.39 is 0 Å². The largest absolute Gasteiger partial charge is 0.460 e. The van der Waals surface area contributed by atoms with Gasteiger partial charge in [0.15, 0.2) is 0 Å². The molecule has 50 heavy (non-hydrogen) atoms. The molecule has 0 fully saturated rings. The van der Waals surface area contributed by atoms with E-state index in [1.807, 2.05) is 6.07 Å². The quantitative estimate of drug-likeness (QED) is 0.151. The topological polar surface area (TPSA) is 43.0 Å². The summed E-state index contributed by atoms with van der Waals surface area (Å²) in [6.07, 6.45) is 3.03. The minimum absolute atomic E-state index is 0.116. The molecule has 1 N–H and O–H groups in total. The molecule has 1 atom stereocenters. The highest BCUT2D eigenvalue weighted by Crippen LogP contribution is 2.42. The van der Waals surface area contributed by atoms with Crippen molar-refractivity contribution in [1.82, 2.24) is 9.55 Å². The highest BCUT2D eigenvalue weighted by molar-refractivity contribution is 5.94. The van der Waals surface area contributed by atoms with Gasteiger partial charge in [-0.25, -0.2) is 4.98 Å². The SMILES string of the molecule is CCc1oc2ccccc2c1-c1cn(C(c2ccccc2)c2ccccc2)c(C(Nc2c(C(C)C)cccc2C(C)C)c2ccccc2C)n1. The van der Waals surface area contributed by atoms with Crippen molar-refractivity contribution >= 4 is 16.7 Å². The van der Waals surface area contributed by atoms with E-state index in [4.69, 9.17) is 9.40 Å². The number of hydrogen-bond donors (Lipinski definition) is 1. The van der Waals surface area contributed by atoms with E-state index in [1.54, 1.807) is 0 Å². The second-order valence-electron chi connectivity index (χ2n) is 13.9. The Balaban J connectivity index is 1.56. The molecule has 1 unspecified atom stereocenters.